The minimum Gasteiger partial charge on any atom is -0.456 e. The zero-order chi connectivity index (χ0) is 75.2. The highest BCUT2D eigenvalue weighted by Crippen LogP contribution is 2.47. The van der Waals surface area contributed by atoms with Crippen molar-refractivity contribution >= 4 is 87.0 Å². The van der Waals surface area contributed by atoms with Crippen molar-refractivity contribution in [2.75, 3.05) is 0 Å². The lowest BCUT2D eigenvalue weighted by atomic mass is 9.90. The summed E-state index contributed by atoms with van der Waals surface area (Å²) in [6.45, 7) is 0. The van der Waals surface area contributed by atoms with Gasteiger partial charge in [0, 0.05) is 60.5 Å². The summed E-state index contributed by atoms with van der Waals surface area (Å²) in [5.74, 6) is 3.43. The molecule has 114 heavy (non-hydrogen) atoms. The van der Waals surface area contributed by atoms with Gasteiger partial charge in [-0.25, -0.2) is 29.9 Å². The third-order valence-corrected chi connectivity index (χ3v) is 22.4. The van der Waals surface area contributed by atoms with Crippen molar-refractivity contribution in [3.8, 4) is 146 Å². The van der Waals surface area contributed by atoms with E-state index in [1.54, 1.807) is 0 Å². The molecule has 18 aromatic carbocycles. The smallest absolute Gasteiger partial charge is 0.164 e. The Hall–Kier alpha value is -15.4. The molecular formula is C106H64N6O2. The maximum Gasteiger partial charge on any atom is 0.164 e. The number of fused-ring (bicyclic) bond motifs is 12. The number of hydrogen-bond donors (Lipinski definition) is 0. The summed E-state index contributed by atoms with van der Waals surface area (Å²) in [4.78, 5) is 31.5. The lowest BCUT2D eigenvalue weighted by Crippen LogP contribution is -2.00. The molecule has 0 atom stereocenters. The quantitative estimate of drug-likeness (QED) is 0.105. The van der Waals surface area contributed by atoms with Gasteiger partial charge in [-0.05, 0) is 176 Å². The van der Waals surface area contributed by atoms with Gasteiger partial charge in [-0.1, -0.05) is 328 Å². The zero-order valence-corrected chi connectivity index (χ0v) is 61.5. The molecule has 4 aromatic heterocycles. The summed E-state index contributed by atoms with van der Waals surface area (Å²) >= 11 is 0. The molecule has 0 saturated heterocycles. The monoisotopic (exact) mass is 1450 g/mol. The molecule has 8 heteroatoms. The van der Waals surface area contributed by atoms with E-state index in [0.717, 1.165) is 160 Å². The Labute approximate surface area is 656 Å². The fourth-order valence-corrected chi connectivity index (χ4v) is 16.6. The minimum atomic E-state index is 0.540. The largest absolute Gasteiger partial charge is 0.456 e. The van der Waals surface area contributed by atoms with Gasteiger partial charge in [0.2, 0.25) is 0 Å². The summed E-state index contributed by atoms with van der Waals surface area (Å²) in [5, 5.41) is 13.3. The van der Waals surface area contributed by atoms with Gasteiger partial charge in [0.05, 0.1) is 0 Å². The zero-order valence-electron chi connectivity index (χ0n) is 61.5. The number of furan rings is 2. The molecule has 0 spiro atoms. The van der Waals surface area contributed by atoms with E-state index in [2.05, 4.69) is 315 Å². The van der Waals surface area contributed by atoms with Crippen molar-refractivity contribution < 1.29 is 8.83 Å². The van der Waals surface area contributed by atoms with Crippen LogP contribution in [-0.2, 0) is 0 Å². The molecule has 0 N–H and O–H groups in total. The number of aromatic nitrogens is 6. The lowest BCUT2D eigenvalue weighted by molar-refractivity contribution is 0.669. The van der Waals surface area contributed by atoms with Crippen molar-refractivity contribution in [2.45, 2.75) is 0 Å². The first-order chi connectivity index (χ1) is 56.4. The van der Waals surface area contributed by atoms with E-state index >= 15 is 0 Å². The maximum atomic E-state index is 7.28. The minimum absolute atomic E-state index is 0.540. The van der Waals surface area contributed by atoms with Gasteiger partial charge in [-0.2, -0.15) is 0 Å². The molecule has 0 aliphatic carbocycles. The van der Waals surface area contributed by atoms with Crippen LogP contribution in [0.4, 0.5) is 0 Å². The molecular weight excluding hydrogens is 1390 g/mol. The van der Waals surface area contributed by atoms with E-state index in [0.29, 0.717) is 34.9 Å². The second-order valence-electron chi connectivity index (χ2n) is 29.2. The average molecular weight is 1450 g/mol. The Morgan fingerprint density at radius 1 is 0.149 bits per heavy atom. The Morgan fingerprint density at radius 3 is 1.06 bits per heavy atom. The van der Waals surface area contributed by atoms with Crippen LogP contribution in [0, 0.1) is 0 Å². The van der Waals surface area contributed by atoms with E-state index in [4.69, 9.17) is 38.7 Å². The van der Waals surface area contributed by atoms with Crippen LogP contribution in [0.5, 0.6) is 0 Å². The Morgan fingerprint density at radius 2 is 0.509 bits per heavy atom. The van der Waals surface area contributed by atoms with Crippen LogP contribution in [-0.4, -0.2) is 29.9 Å². The molecule has 0 unspecified atom stereocenters. The predicted octanol–water partition coefficient (Wildman–Crippen LogP) is 28.1. The Kier molecular flexibility index (Phi) is 15.7. The van der Waals surface area contributed by atoms with Gasteiger partial charge in [0.1, 0.15) is 22.3 Å². The van der Waals surface area contributed by atoms with E-state index in [9.17, 15) is 0 Å². The molecule has 8 nitrogen and oxygen atoms in total. The molecule has 0 aliphatic rings. The molecule has 530 valence electrons. The van der Waals surface area contributed by atoms with Crippen molar-refractivity contribution in [1.82, 2.24) is 29.9 Å². The van der Waals surface area contributed by atoms with Crippen molar-refractivity contribution in [3.63, 3.8) is 0 Å². The summed E-state index contributed by atoms with van der Waals surface area (Å²) in [7, 11) is 0. The van der Waals surface area contributed by atoms with E-state index in [1.165, 1.54) is 37.9 Å². The van der Waals surface area contributed by atoms with Crippen LogP contribution in [0.15, 0.2) is 397 Å². The third-order valence-electron chi connectivity index (χ3n) is 22.4. The van der Waals surface area contributed by atoms with Crippen LogP contribution < -0.4 is 0 Å². The second-order valence-corrected chi connectivity index (χ2v) is 29.2. The first-order valence-electron chi connectivity index (χ1n) is 38.4. The standard InChI is InChI=1S/C106H64N6O2/c1-5-18-65(19-6-1)67-38-47-77(48-39-67)103-107-101(75-23-9-3-10-24-75)109-105(111-103)89-30-17-31-97-98(89)93-62-80(53-58-95(93)113-97)71-36-42-74(43-37-71)92-64-83-60-82(52-55-85(83)87-28-15-16-29-88(87)92)86-56-57-90(106-110-102(76-25-11-4-12-26-76)108-104(112-106)78-49-40-68(41-50-78)66-20-7-2-8-21-66)99-94-63-81(54-59-96(94)114-100(86)99)70-34-32-69(33-35-70)79-51-46-73-45-44-72-22-13-14-27-84(72)91(73)61-79/h1-64H. The van der Waals surface area contributed by atoms with Gasteiger partial charge in [0.15, 0.2) is 34.9 Å². The predicted molar refractivity (Wildman–Crippen MR) is 468 cm³/mol. The highest BCUT2D eigenvalue weighted by molar-refractivity contribution is 6.19. The highest BCUT2D eigenvalue weighted by Gasteiger charge is 2.25. The van der Waals surface area contributed by atoms with Crippen LogP contribution in [0.25, 0.3) is 233 Å². The Bertz CT molecular complexity index is 7540. The first kappa shape index (κ1) is 65.7. The van der Waals surface area contributed by atoms with Crippen molar-refractivity contribution in [1.29, 1.82) is 0 Å². The molecule has 22 aromatic rings. The molecule has 0 amide bonds. The number of hydrogen-bond acceptors (Lipinski definition) is 8. The van der Waals surface area contributed by atoms with Gasteiger partial charge in [-0.3, -0.25) is 0 Å². The summed E-state index contributed by atoms with van der Waals surface area (Å²) in [6.07, 6.45) is 0. The Balaban J connectivity index is 0.645. The van der Waals surface area contributed by atoms with Gasteiger partial charge in [0.25, 0.3) is 0 Å². The summed E-state index contributed by atoms with van der Waals surface area (Å²) in [5.41, 5.74) is 23.6. The molecule has 4 heterocycles. The maximum absolute atomic E-state index is 7.28. The molecule has 0 saturated carbocycles. The number of rotatable bonds is 13. The SMILES string of the molecule is c1ccc(-c2ccc(-c3nc(-c4ccccc4)nc(-c4cccc5oc6ccc(-c7ccc(-c8cc9cc(-c%10ccc(-c%11nc(-c%12ccccc%12)nc(-c%12ccc(-c%13ccccc%13)cc%12)n%11)c%11c%10oc%10ccc(-c%12ccc(-c%13ccc%14ccc%15ccccc%15c%14c%13)cc%12)cc%10%11)ccc9c9ccccc89)cc7)cc6c45)n3)cc2)cc1. The lowest BCUT2D eigenvalue weighted by Gasteiger charge is -2.14. The van der Waals surface area contributed by atoms with Crippen LogP contribution in [0.3, 0.4) is 0 Å². The van der Waals surface area contributed by atoms with E-state index < -0.39 is 0 Å². The molecule has 22 rings (SSSR count). The fraction of sp³-hybridized carbons (Fsp3) is 0. The van der Waals surface area contributed by atoms with Gasteiger partial charge >= 0.3 is 0 Å². The third kappa shape index (κ3) is 11.7. The van der Waals surface area contributed by atoms with Crippen LogP contribution >= 0.6 is 0 Å². The molecule has 0 bridgehead atoms. The highest BCUT2D eigenvalue weighted by atomic mass is 16.3. The van der Waals surface area contributed by atoms with E-state index in [-0.39, 0.29) is 0 Å². The average Bonchev–Trinajstić information content (AvgIpc) is 1.40. The van der Waals surface area contributed by atoms with Crippen LogP contribution in [0.1, 0.15) is 0 Å². The van der Waals surface area contributed by atoms with Crippen molar-refractivity contribution in [3.05, 3.63) is 388 Å². The number of nitrogens with zero attached hydrogens (tertiary/aromatic N) is 6. The normalized spacial score (nSPS) is 11.7. The molecule has 0 radical (unpaired) electrons. The topological polar surface area (TPSA) is 104 Å². The summed E-state index contributed by atoms with van der Waals surface area (Å²) in [6, 6.07) is 137. The summed E-state index contributed by atoms with van der Waals surface area (Å²) < 4.78 is 13.9. The fourth-order valence-electron chi connectivity index (χ4n) is 16.6. The molecule has 0 aliphatic heterocycles. The van der Waals surface area contributed by atoms with Crippen LogP contribution in [0.2, 0.25) is 0 Å². The molecule has 0 fully saturated rings. The number of benzene rings is 18. The second kappa shape index (κ2) is 27.3. The van der Waals surface area contributed by atoms with Crippen molar-refractivity contribution in [2.24, 2.45) is 0 Å². The first-order valence-corrected chi connectivity index (χ1v) is 38.4. The van der Waals surface area contributed by atoms with Gasteiger partial charge in [-0.15, -0.1) is 0 Å². The van der Waals surface area contributed by atoms with Gasteiger partial charge < -0.3 is 8.83 Å². The van der Waals surface area contributed by atoms with E-state index in [1.807, 2.05) is 72.8 Å².